The van der Waals surface area contributed by atoms with Crippen molar-refractivity contribution in [2.45, 2.75) is 46.0 Å². The molecule has 0 bridgehead atoms. The van der Waals surface area contributed by atoms with Crippen LogP contribution in [-0.2, 0) is 12.8 Å². The van der Waals surface area contributed by atoms with E-state index in [0.29, 0.717) is 6.42 Å². The molecule has 3 aromatic carbocycles. The van der Waals surface area contributed by atoms with E-state index in [1.54, 1.807) is 0 Å². The first-order valence-corrected chi connectivity index (χ1v) is 10.4. The maximum atomic E-state index is 14.2. The fourth-order valence-electron chi connectivity index (χ4n) is 3.52. The molecule has 0 saturated heterocycles. The highest BCUT2D eigenvalue weighted by molar-refractivity contribution is 5.64. The lowest BCUT2D eigenvalue weighted by atomic mass is 10.00. The van der Waals surface area contributed by atoms with E-state index in [1.807, 2.05) is 0 Å². The standard InChI is InChI=1S/C26H27F3O/c1-3-5-19-8-12-21(13-9-19)22-14-10-20(11-15-22)6-4-17-30-23-16-7-18(2)24(25(23)27)26(28)29/h7-16,26H,3-6,17H2,1-2H3. The van der Waals surface area contributed by atoms with Gasteiger partial charge in [-0.25, -0.2) is 13.2 Å². The van der Waals surface area contributed by atoms with E-state index in [-0.39, 0.29) is 17.9 Å². The maximum absolute atomic E-state index is 14.2. The highest BCUT2D eigenvalue weighted by Crippen LogP contribution is 2.31. The molecule has 3 aromatic rings. The van der Waals surface area contributed by atoms with Crippen molar-refractivity contribution in [1.82, 2.24) is 0 Å². The average molecular weight is 412 g/mol. The molecule has 0 saturated carbocycles. The molecule has 0 aromatic heterocycles. The number of hydrogen-bond donors (Lipinski definition) is 0. The summed E-state index contributed by atoms with van der Waals surface area (Å²) >= 11 is 0. The summed E-state index contributed by atoms with van der Waals surface area (Å²) in [6.45, 7) is 3.91. The summed E-state index contributed by atoms with van der Waals surface area (Å²) in [6, 6.07) is 19.9. The average Bonchev–Trinajstić information content (AvgIpc) is 2.74. The second-order valence-electron chi connectivity index (χ2n) is 7.50. The van der Waals surface area contributed by atoms with Crippen LogP contribution in [0.4, 0.5) is 13.2 Å². The van der Waals surface area contributed by atoms with Crippen molar-refractivity contribution in [3.63, 3.8) is 0 Å². The van der Waals surface area contributed by atoms with Crippen LogP contribution in [0.1, 0.15) is 48.4 Å². The van der Waals surface area contributed by atoms with E-state index < -0.39 is 17.8 Å². The Morgan fingerprint density at radius 3 is 1.90 bits per heavy atom. The normalized spacial score (nSPS) is 11.1. The van der Waals surface area contributed by atoms with Crippen LogP contribution in [0.2, 0.25) is 0 Å². The third kappa shape index (κ3) is 5.44. The first-order valence-electron chi connectivity index (χ1n) is 10.4. The SMILES string of the molecule is CCCc1ccc(-c2ccc(CCCOc3ccc(C)c(C(F)F)c3F)cc2)cc1. The fourth-order valence-corrected chi connectivity index (χ4v) is 3.52. The van der Waals surface area contributed by atoms with Crippen LogP contribution in [0.5, 0.6) is 5.75 Å². The Morgan fingerprint density at radius 1 is 0.800 bits per heavy atom. The lowest BCUT2D eigenvalue weighted by Gasteiger charge is -2.12. The summed E-state index contributed by atoms with van der Waals surface area (Å²) in [6.07, 6.45) is 0.821. The zero-order chi connectivity index (χ0) is 21.5. The Hall–Kier alpha value is -2.75. The number of halogens is 3. The fraction of sp³-hybridized carbons (Fsp3) is 0.308. The smallest absolute Gasteiger partial charge is 0.267 e. The molecule has 3 rings (SSSR count). The number of alkyl halides is 2. The first kappa shape index (κ1) is 21.9. The van der Waals surface area contributed by atoms with Gasteiger partial charge in [0.1, 0.15) is 0 Å². The van der Waals surface area contributed by atoms with Gasteiger partial charge in [-0.2, -0.15) is 0 Å². The van der Waals surface area contributed by atoms with Gasteiger partial charge in [-0.15, -0.1) is 0 Å². The molecule has 1 nitrogen and oxygen atoms in total. The molecule has 4 heteroatoms. The van der Waals surface area contributed by atoms with Gasteiger partial charge in [0.25, 0.3) is 6.43 Å². The Kier molecular flexibility index (Phi) is 7.56. The summed E-state index contributed by atoms with van der Waals surface area (Å²) in [4.78, 5) is 0. The molecular formula is C26H27F3O. The Labute approximate surface area is 176 Å². The second-order valence-corrected chi connectivity index (χ2v) is 7.50. The van der Waals surface area contributed by atoms with Crippen LogP contribution in [0.15, 0.2) is 60.7 Å². The predicted octanol–water partition coefficient (Wildman–Crippen LogP) is 7.70. The van der Waals surface area contributed by atoms with Gasteiger partial charge in [0, 0.05) is 0 Å². The minimum absolute atomic E-state index is 0.113. The molecule has 0 atom stereocenters. The molecule has 0 unspecified atom stereocenters. The number of rotatable bonds is 9. The van der Waals surface area contributed by atoms with Crippen molar-refractivity contribution in [1.29, 1.82) is 0 Å². The summed E-state index contributed by atoms with van der Waals surface area (Å²) < 4.78 is 45.6. The summed E-state index contributed by atoms with van der Waals surface area (Å²) in [5.41, 5.74) is 4.51. The minimum atomic E-state index is -2.85. The van der Waals surface area contributed by atoms with Crippen molar-refractivity contribution >= 4 is 0 Å². The van der Waals surface area contributed by atoms with E-state index in [4.69, 9.17) is 4.74 Å². The van der Waals surface area contributed by atoms with E-state index in [0.717, 1.165) is 24.8 Å². The van der Waals surface area contributed by atoms with Crippen LogP contribution in [0.3, 0.4) is 0 Å². The molecule has 0 fully saturated rings. The predicted molar refractivity (Wildman–Crippen MR) is 116 cm³/mol. The van der Waals surface area contributed by atoms with E-state index >= 15 is 0 Å². The molecule has 0 aliphatic heterocycles. The van der Waals surface area contributed by atoms with Crippen molar-refractivity contribution in [3.05, 3.63) is 88.7 Å². The highest BCUT2D eigenvalue weighted by atomic mass is 19.3. The van der Waals surface area contributed by atoms with Crippen molar-refractivity contribution in [2.75, 3.05) is 6.61 Å². The van der Waals surface area contributed by atoms with E-state index in [9.17, 15) is 13.2 Å². The lowest BCUT2D eigenvalue weighted by molar-refractivity contribution is 0.144. The number of hydrogen-bond acceptors (Lipinski definition) is 1. The summed E-state index contributed by atoms with van der Waals surface area (Å²) in [5.74, 6) is -1.07. The van der Waals surface area contributed by atoms with Crippen LogP contribution >= 0.6 is 0 Å². The molecule has 0 radical (unpaired) electrons. The van der Waals surface area contributed by atoms with E-state index in [1.165, 1.54) is 35.7 Å². The van der Waals surface area contributed by atoms with Gasteiger partial charge in [-0.05, 0) is 60.1 Å². The van der Waals surface area contributed by atoms with Gasteiger partial charge in [0.2, 0.25) is 0 Å². The third-order valence-electron chi connectivity index (χ3n) is 5.23. The van der Waals surface area contributed by atoms with Gasteiger partial charge in [-0.1, -0.05) is 67.9 Å². The van der Waals surface area contributed by atoms with E-state index in [2.05, 4.69) is 55.5 Å². The van der Waals surface area contributed by atoms with Crippen LogP contribution in [0.25, 0.3) is 11.1 Å². The lowest BCUT2D eigenvalue weighted by Crippen LogP contribution is -2.04. The quantitative estimate of drug-likeness (QED) is 0.327. The van der Waals surface area contributed by atoms with Crippen LogP contribution < -0.4 is 4.74 Å². The topological polar surface area (TPSA) is 9.23 Å². The molecule has 0 spiro atoms. The Balaban J connectivity index is 1.53. The summed E-state index contributed by atoms with van der Waals surface area (Å²) in [7, 11) is 0. The van der Waals surface area contributed by atoms with Gasteiger partial charge >= 0.3 is 0 Å². The van der Waals surface area contributed by atoms with Crippen LogP contribution in [0, 0.1) is 12.7 Å². The molecule has 0 amide bonds. The zero-order valence-corrected chi connectivity index (χ0v) is 17.4. The molecule has 0 N–H and O–H groups in total. The largest absolute Gasteiger partial charge is 0.490 e. The van der Waals surface area contributed by atoms with Crippen molar-refractivity contribution < 1.29 is 17.9 Å². The molecule has 30 heavy (non-hydrogen) atoms. The Morgan fingerprint density at radius 2 is 1.37 bits per heavy atom. The van der Waals surface area contributed by atoms with Crippen molar-refractivity contribution in [3.8, 4) is 16.9 Å². The second kappa shape index (κ2) is 10.3. The highest BCUT2D eigenvalue weighted by Gasteiger charge is 2.20. The number of benzene rings is 3. The van der Waals surface area contributed by atoms with Gasteiger partial charge in [0.05, 0.1) is 12.2 Å². The van der Waals surface area contributed by atoms with Gasteiger partial charge < -0.3 is 4.74 Å². The van der Waals surface area contributed by atoms with Gasteiger partial charge in [-0.3, -0.25) is 0 Å². The zero-order valence-electron chi connectivity index (χ0n) is 17.4. The van der Waals surface area contributed by atoms with Crippen molar-refractivity contribution in [2.24, 2.45) is 0 Å². The number of ether oxygens (including phenoxy) is 1. The minimum Gasteiger partial charge on any atom is -0.490 e. The van der Waals surface area contributed by atoms with Crippen LogP contribution in [-0.4, -0.2) is 6.61 Å². The maximum Gasteiger partial charge on any atom is 0.267 e. The first-order chi connectivity index (χ1) is 14.5. The molecule has 0 aliphatic carbocycles. The molecule has 0 heterocycles. The molecular weight excluding hydrogens is 385 g/mol. The third-order valence-corrected chi connectivity index (χ3v) is 5.23. The number of aryl methyl sites for hydroxylation is 3. The Bertz CT molecular complexity index is 947. The molecule has 158 valence electrons. The van der Waals surface area contributed by atoms with Gasteiger partial charge in [0.15, 0.2) is 11.6 Å². The molecule has 0 aliphatic rings. The monoisotopic (exact) mass is 412 g/mol. The summed E-state index contributed by atoms with van der Waals surface area (Å²) in [5, 5.41) is 0.